The number of likely N-dealkylation sites (tertiary alicyclic amines) is 1. The third-order valence-electron chi connectivity index (χ3n) is 9.57. The topological polar surface area (TPSA) is 90.4 Å². The van der Waals surface area contributed by atoms with E-state index in [4.69, 9.17) is 4.74 Å². The largest absolute Gasteiger partial charge is 0.394 e. The van der Waals surface area contributed by atoms with Crippen LogP contribution in [0.15, 0.2) is 55.6 Å². The Labute approximate surface area is 251 Å². The van der Waals surface area contributed by atoms with E-state index in [0.717, 1.165) is 37.7 Å². The van der Waals surface area contributed by atoms with E-state index in [2.05, 4.69) is 29.1 Å². The fourth-order valence-corrected chi connectivity index (χ4v) is 8.75. The summed E-state index contributed by atoms with van der Waals surface area (Å²) in [5, 5.41) is 10.7. The van der Waals surface area contributed by atoms with Gasteiger partial charge >= 0.3 is 0 Å². The van der Waals surface area contributed by atoms with Crippen molar-refractivity contribution in [2.24, 2.45) is 11.8 Å². The van der Waals surface area contributed by atoms with Gasteiger partial charge in [-0.05, 0) is 31.2 Å². The molecule has 3 aliphatic heterocycles. The highest BCUT2D eigenvalue weighted by molar-refractivity contribution is 9.09. The van der Waals surface area contributed by atoms with Gasteiger partial charge in [0.1, 0.15) is 11.6 Å². The Hall–Kier alpha value is -2.49. The first-order chi connectivity index (χ1) is 19.8. The molecule has 222 valence electrons. The van der Waals surface area contributed by atoms with Gasteiger partial charge in [-0.1, -0.05) is 77.7 Å². The van der Waals surface area contributed by atoms with Crippen molar-refractivity contribution < 1.29 is 24.2 Å². The number of nitrogens with zero attached hydrogens (tertiary/aromatic N) is 3. The molecule has 4 aliphatic rings. The molecule has 1 aliphatic carbocycles. The third-order valence-corrected chi connectivity index (χ3v) is 10.4. The second kappa shape index (κ2) is 12.4. The molecule has 1 aromatic carbocycles. The summed E-state index contributed by atoms with van der Waals surface area (Å²) in [6, 6.07) is 8.14. The first-order valence-electron chi connectivity index (χ1n) is 14.8. The number of carbonyl (C=O) groups is 3. The molecule has 2 bridgehead atoms. The fourth-order valence-electron chi connectivity index (χ4n) is 7.81. The van der Waals surface area contributed by atoms with E-state index in [-0.39, 0.29) is 35.2 Å². The predicted octanol–water partition coefficient (Wildman–Crippen LogP) is 3.33. The van der Waals surface area contributed by atoms with Gasteiger partial charge in [-0.15, -0.1) is 13.2 Å². The van der Waals surface area contributed by atoms with Gasteiger partial charge in [0.05, 0.1) is 30.6 Å². The van der Waals surface area contributed by atoms with Crippen LogP contribution in [0.5, 0.6) is 0 Å². The molecule has 1 saturated carbocycles. The number of fused-ring (bicyclic) bond motifs is 1. The van der Waals surface area contributed by atoms with Gasteiger partial charge in [-0.3, -0.25) is 14.4 Å². The Morgan fingerprint density at radius 3 is 2.46 bits per heavy atom. The summed E-state index contributed by atoms with van der Waals surface area (Å²) >= 11 is 3.76. The average Bonchev–Trinajstić information content (AvgIpc) is 3.58. The lowest BCUT2D eigenvalue weighted by Crippen LogP contribution is -2.61. The Kier molecular flexibility index (Phi) is 9.07. The van der Waals surface area contributed by atoms with Crippen LogP contribution in [-0.4, -0.2) is 98.9 Å². The standard InChI is InChI=1S/C32H42BrN3O5/c1-4-16-34(3)29(38)25-26-30(39)36(23(20-37)18-21-12-8-6-9-13-21)28(32(26)19-24(33)27(25)41-32)31(40)35(17-5-2)22-14-10-7-11-15-22/h4-6,8-9,12-13,22-28,37H,1-2,7,10-11,14-20H2,3H3/t23-,24?,25+,26+,27+,28?,32?/m1/s1. The first kappa shape index (κ1) is 30.0. The zero-order chi connectivity index (χ0) is 29.3. The highest BCUT2D eigenvalue weighted by atomic mass is 79.9. The fraction of sp³-hybridized carbons (Fsp3) is 0.594. The molecular formula is C32H42BrN3O5. The molecule has 7 atom stereocenters. The molecule has 5 rings (SSSR count). The maximum atomic E-state index is 14.8. The molecule has 0 aromatic heterocycles. The molecule has 0 radical (unpaired) electrons. The van der Waals surface area contributed by atoms with Crippen molar-refractivity contribution in [2.45, 2.75) is 79.6 Å². The molecular weight excluding hydrogens is 586 g/mol. The normalized spacial score (nSPS) is 31.5. The van der Waals surface area contributed by atoms with E-state index >= 15 is 0 Å². The van der Waals surface area contributed by atoms with Crippen molar-refractivity contribution in [3.63, 3.8) is 0 Å². The monoisotopic (exact) mass is 627 g/mol. The number of alkyl halides is 1. The molecule has 4 fully saturated rings. The van der Waals surface area contributed by atoms with Crippen LogP contribution in [-0.2, 0) is 25.5 Å². The summed E-state index contributed by atoms with van der Waals surface area (Å²) in [7, 11) is 1.70. The number of amides is 3. The number of aliphatic hydroxyl groups excluding tert-OH is 1. The maximum absolute atomic E-state index is 14.8. The van der Waals surface area contributed by atoms with Gasteiger partial charge in [0.15, 0.2) is 0 Å². The van der Waals surface area contributed by atoms with Crippen molar-refractivity contribution in [3.8, 4) is 0 Å². The molecule has 3 saturated heterocycles. The summed E-state index contributed by atoms with van der Waals surface area (Å²) in [5.41, 5.74) is -0.210. The van der Waals surface area contributed by atoms with E-state index in [0.29, 0.717) is 25.9 Å². The number of rotatable bonds is 11. The van der Waals surface area contributed by atoms with Crippen LogP contribution >= 0.6 is 15.9 Å². The van der Waals surface area contributed by atoms with Crippen LogP contribution in [0.4, 0.5) is 0 Å². The lowest BCUT2D eigenvalue weighted by Gasteiger charge is -2.42. The van der Waals surface area contributed by atoms with Crippen LogP contribution in [0.3, 0.4) is 0 Å². The zero-order valence-electron chi connectivity index (χ0n) is 23.9. The summed E-state index contributed by atoms with van der Waals surface area (Å²) in [6.07, 6.45) is 8.75. The number of likely N-dealkylation sites (N-methyl/N-ethyl adjacent to an activating group) is 1. The van der Waals surface area contributed by atoms with Crippen molar-refractivity contribution in [2.75, 3.05) is 26.7 Å². The second-order valence-electron chi connectivity index (χ2n) is 12.0. The Balaban J connectivity index is 1.59. The minimum atomic E-state index is -1.17. The summed E-state index contributed by atoms with van der Waals surface area (Å²) in [5.74, 6) is -2.19. The van der Waals surface area contributed by atoms with Gasteiger partial charge in [-0.2, -0.15) is 0 Å². The number of aliphatic hydroxyl groups is 1. The number of benzene rings is 1. The molecule has 1 aromatic rings. The smallest absolute Gasteiger partial charge is 0.248 e. The summed E-state index contributed by atoms with van der Waals surface area (Å²) in [4.78, 5) is 48.0. The van der Waals surface area contributed by atoms with Gasteiger partial charge < -0.3 is 24.5 Å². The van der Waals surface area contributed by atoms with Gasteiger partial charge in [0, 0.05) is 31.0 Å². The lowest BCUT2D eigenvalue weighted by atomic mass is 9.70. The molecule has 1 N–H and O–H groups in total. The van der Waals surface area contributed by atoms with Crippen LogP contribution in [0.25, 0.3) is 0 Å². The molecule has 9 heteroatoms. The van der Waals surface area contributed by atoms with Crippen LogP contribution < -0.4 is 0 Å². The summed E-state index contributed by atoms with van der Waals surface area (Å²) < 4.78 is 6.72. The Morgan fingerprint density at radius 1 is 1.15 bits per heavy atom. The minimum absolute atomic E-state index is 0.0536. The van der Waals surface area contributed by atoms with Gasteiger partial charge in [0.25, 0.3) is 0 Å². The van der Waals surface area contributed by atoms with Crippen molar-refractivity contribution in [1.29, 1.82) is 0 Å². The zero-order valence-corrected chi connectivity index (χ0v) is 25.5. The first-order valence-corrected chi connectivity index (χ1v) is 15.8. The number of hydrogen-bond acceptors (Lipinski definition) is 5. The Bertz CT molecular complexity index is 1160. The molecule has 3 amide bonds. The van der Waals surface area contributed by atoms with Crippen LogP contribution in [0.1, 0.15) is 44.1 Å². The number of ether oxygens (including phenoxy) is 1. The molecule has 41 heavy (non-hydrogen) atoms. The SMILES string of the molecule is C=CCN(C)C(=O)[C@H]1[C@H]2C(=O)N([C@@H](CO)Cc3ccccc3)C(C(=O)N(CC=C)C3CCCCC3)C23CC(Br)[C@@H]1O3. The highest BCUT2D eigenvalue weighted by Gasteiger charge is 2.77. The highest BCUT2D eigenvalue weighted by Crippen LogP contribution is 2.61. The van der Waals surface area contributed by atoms with E-state index in [9.17, 15) is 19.5 Å². The van der Waals surface area contributed by atoms with E-state index < -0.39 is 35.6 Å². The second-order valence-corrected chi connectivity index (χ2v) is 13.2. The van der Waals surface area contributed by atoms with E-state index in [1.165, 1.54) is 0 Å². The van der Waals surface area contributed by atoms with Gasteiger partial charge in [0.2, 0.25) is 17.7 Å². The molecule has 3 unspecified atom stereocenters. The summed E-state index contributed by atoms with van der Waals surface area (Å²) in [6.45, 7) is 8.10. The van der Waals surface area contributed by atoms with E-state index in [1.807, 2.05) is 35.2 Å². The van der Waals surface area contributed by atoms with Crippen molar-refractivity contribution >= 4 is 33.7 Å². The van der Waals surface area contributed by atoms with E-state index in [1.54, 1.807) is 29.0 Å². The Morgan fingerprint density at radius 2 is 1.83 bits per heavy atom. The van der Waals surface area contributed by atoms with Crippen LogP contribution in [0, 0.1) is 11.8 Å². The number of halogens is 1. The van der Waals surface area contributed by atoms with Crippen molar-refractivity contribution in [3.05, 3.63) is 61.2 Å². The number of hydrogen-bond donors (Lipinski definition) is 1. The van der Waals surface area contributed by atoms with Crippen LogP contribution in [0.2, 0.25) is 0 Å². The lowest BCUT2D eigenvalue weighted by molar-refractivity contribution is -0.153. The van der Waals surface area contributed by atoms with Gasteiger partial charge in [-0.25, -0.2) is 0 Å². The quantitative estimate of drug-likeness (QED) is 0.300. The maximum Gasteiger partial charge on any atom is 0.248 e. The minimum Gasteiger partial charge on any atom is -0.394 e. The predicted molar refractivity (Wildman–Crippen MR) is 160 cm³/mol. The molecule has 3 heterocycles. The van der Waals surface area contributed by atoms with Crippen molar-refractivity contribution in [1.82, 2.24) is 14.7 Å². The molecule has 1 spiro atoms. The molecule has 8 nitrogen and oxygen atoms in total. The third kappa shape index (κ3) is 5.19. The average molecular weight is 629 g/mol. The number of carbonyl (C=O) groups excluding carboxylic acids is 3.